The Kier molecular flexibility index (Phi) is 6.84. The fourth-order valence-electron chi connectivity index (χ4n) is 5.96. The van der Waals surface area contributed by atoms with Gasteiger partial charge in [0.1, 0.15) is 0 Å². The third-order valence-corrected chi connectivity index (χ3v) is 14.0. The predicted octanol–water partition coefficient (Wildman–Crippen LogP) is 7.42. The molecule has 0 aromatic rings. The normalized spacial score (nSPS) is 23.1. The Labute approximate surface area is 135 Å². The maximum Gasteiger partial charge on any atom is 0.0603 e. The third-order valence-electron chi connectivity index (χ3n) is 6.41. The highest BCUT2D eigenvalue weighted by Gasteiger charge is 2.47. The second-order valence-corrected chi connectivity index (χ2v) is 14.0. The molecule has 1 heteroatoms. The van der Waals surface area contributed by atoms with Gasteiger partial charge in [-0.15, -0.1) is 0 Å². The highest BCUT2D eigenvalue weighted by molar-refractivity contribution is 6.82. The van der Waals surface area contributed by atoms with Crippen molar-refractivity contribution in [1.82, 2.24) is 0 Å². The lowest BCUT2D eigenvalue weighted by Crippen LogP contribution is -2.48. The van der Waals surface area contributed by atoms with E-state index in [4.69, 9.17) is 0 Å². The van der Waals surface area contributed by atoms with Crippen LogP contribution in [-0.4, -0.2) is 8.07 Å². The van der Waals surface area contributed by atoms with Gasteiger partial charge in [0.15, 0.2) is 0 Å². The molecule has 0 unspecified atom stereocenters. The van der Waals surface area contributed by atoms with Gasteiger partial charge in [-0.1, -0.05) is 104 Å². The molecule has 0 atom stereocenters. The van der Waals surface area contributed by atoms with E-state index < -0.39 is 8.07 Å². The van der Waals surface area contributed by atoms with Crippen LogP contribution < -0.4 is 0 Å². The highest BCUT2D eigenvalue weighted by Crippen LogP contribution is 2.54. The van der Waals surface area contributed by atoms with E-state index in [1.165, 1.54) is 23.9 Å². The van der Waals surface area contributed by atoms with Crippen LogP contribution in [0.4, 0.5) is 0 Å². The first-order valence-electron chi connectivity index (χ1n) is 10.0. The molecule has 0 aromatic heterocycles. The molecule has 0 N–H and O–H groups in total. The zero-order chi connectivity index (χ0) is 15.3. The second-order valence-electron chi connectivity index (χ2n) is 9.10. The fourth-order valence-corrected chi connectivity index (χ4v) is 14.3. The Bertz CT molecular complexity index is 252. The van der Waals surface area contributed by atoms with Gasteiger partial charge >= 0.3 is 0 Å². The van der Waals surface area contributed by atoms with Crippen molar-refractivity contribution in [2.24, 2.45) is 11.8 Å². The van der Waals surface area contributed by atoms with E-state index in [1.54, 1.807) is 63.5 Å². The Morgan fingerprint density at radius 2 is 0.952 bits per heavy atom. The van der Waals surface area contributed by atoms with Crippen LogP contribution in [0.2, 0.25) is 23.2 Å². The van der Waals surface area contributed by atoms with E-state index in [2.05, 4.69) is 27.7 Å². The summed E-state index contributed by atoms with van der Waals surface area (Å²) in [6.45, 7) is 10.0. The maximum absolute atomic E-state index is 2.51. The summed E-state index contributed by atoms with van der Waals surface area (Å²) in [6.07, 6.45) is 15.6. The van der Waals surface area contributed by atoms with Crippen molar-refractivity contribution in [3.8, 4) is 0 Å². The first-order valence-corrected chi connectivity index (χ1v) is 12.6. The average molecular weight is 309 g/mol. The summed E-state index contributed by atoms with van der Waals surface area (Å²) in [6, 6.07) is 3.28. The Balaban J connectivity index is 2.25. The van der Waals surface area contributed by atoms with Crippen molar-refractivity contribution >= 4 is 8.07 Å². The van der Waals surface area contributed by atoms with Crippen molar-refractivity contribution in [2.45, 2.75) is 115 Å². The molecule has 0 aromatic carbocycles. The Hall–Kier alpha value is 0.217. The molecule has 2 saturated carbocycles. The molecule has 0 radical (unpaired) electrons. The SMILES string of the molecule is CC(C)C[Si](CC(C)C)(C1CCCCC1)C1CCCCC1. The smallest absolute Gasteiger partial charge is 0.0603 e. The lowest BCUT2D eigenvalue weighted by Gasteiger charge is -2.50. The molecule has 124 valence electrons. The van der Waals surface area contributed by atoms with Crippen LogP contribution in [0.1, 0.15) is 91.9 Å². The molecule has 0 spiro atoms. The molecule has 0 saturated heterocycles. The zero-order valence-corrected chi connectivity index (χ0v) is 16.3. The highest BCUT2D eigenvalue weighted by atomic mass is 28.3. The van der Waals surface area contributed by atoms with Gasteiger partial charge in [-0.05, 0) is 22.9 Å². The lowest BCUT2D eigenvalue weighted by atomic mass is 9.99. The zero-order valence-electron chi connectivity index (χ0n) is 15.3. The van der Waals surface area contributed by atoms with Gasteiger partial charge in [0, 0.05) is 0 Å². The first kappa shape index (κ1) is 17.6. The topological polar surface area (TPSA) is 0 Å². The molecule has 0 bridgehead atoms. The molecule has 2 fully saturated rings. The van der Waals surface area contributed by atoms with E-state index in [0.29, 0.717) is 0 Å². The first-order chi connectivity index (χ1) is 10.0. The van der Waals surface area contributed by atoms with Crippen molar-refractivity contribution in [3.05, 3.63) is 0 Å². The quantitative estimate of drug-likeness (QED) is 0.448. The molecule has 2 aliphatic rings. The molecular weight excluding hydrogens is 268 g/mol. The van der Waals surface area contributed by atoms with Crippen molar-refractivity contribution in [2.75, 3.05) is 0 Å². The van der Waals surface area contributed by atoms with Gasteiger partial charge in [0.25, 0.3) is 0 Å². The average Bonchev–Trinajstić information content (AvgIpc) is 2.47. The van der Waals surface area contributed by atoms with E-state index in [1.807, 2.05) is 0 Å². The maximum atomic E-state index is 2.51. The third kappa shape index (κ3) is 4.59. The molecule has 0 aliphatic heterocycles. The van der Waals surface area contributed by atoms with Crippen LogP contribution in [0.3, 0.4) is 0 Å². The minimum Gasteiger partial charge on any atom is -0.0630 e. The van der Waals surface area contributed by atoms with Crippen LogP contribution in [0.5, 0.6) is 0 Å². The standard InChI is InChI=1S/C20H40Si/c1-17(2)15-21(16-18(3)4,19-11-7-5-8-12-19)20-13-9-6-10-14-20/h17-20H,5-16H2,1-4H3. The summed E-state index contributed by atoms with van der Waals surface area (Å²) in [5.41, 5.74) is 2.36. The van der Waals surface area contributed by atoms with E-state index >= 15 is 0 Å². The molecule has 0 heterocycles. The monoisotopic (exact) mass is 308 g/mol. The van der Waals surface area contributed by atoms with E-state index in [0.717, 1.165) is 11.8 Å². The van der Waals surface area contributed by atoms with Gasteiger partial charge in [-0.25, -0.2) is 0 Å². The van der Waals surface area contributed by atoms with Gasteiger partial charge in [-0.2, -0.15) is 0 Å². The van der Waals surface area contributed by atoms with Gasteiger partial charge in [0.05, 0.1) is 8.07 Å². The summed E-state index contributed by atoms with van der Waals surface area (Å²) in [5, 5.41) is 0. The minimum atomic E-state index is -1.12. The molecular formula is C20H40Si. The molecule has 21 heavy (non-hydrogen) atoms. The summed E-state index contributed by atoms with van der Waals surface area (Å²) in [4.78, 5) is 0. The van der Waals surface area contributed by atoms with Gasteiger partial charge in [-0.3, -0.25) is 0 Å². The fraction of sp³-hybridized carbons (Fsp3) is 1.00. The largest absolute Gasteiger partial charge is 0.0630 e. The molecule has 0 amide bonds. The molecule has 2 aliphatic carbocycles. The van der Waals surface area contributed by atoms with Crippen LogP contribution in [0.25, 0.3) is 0 Å². The van der Waals surface area contributed by atoms with Crippen LogP contribution in [0.15, 0.2) is 0 Å². The Morgan fingerprint density at radius 1 is 0.619 bits per heavy atom. The minimum absolute atomic E-state index is 0.930. The van der Waals surface area contributed by atoms with Crippen LogP contribution >= 0.6 is 0 Å². The van der Waals surface area contributed by atoms with Gasteiger partial charge < -0.3 is 0 Å². The molecule has 2 rings (SSSR count). The van der Waals surface area contributed by atoms with E-state index in [9.17, 15) is 0 Å². The van der Waals surface area contributed by atoms with Crippen LogP contribution in [-0.2, 0) is 0 Å². The summed E-state index contributed by atoms with van der Waals surface area (Å²) >= 11 is 0. The lowest BCUT2D eigenvalue weighted by molar-refractivity contribution is 0.437. The van der Waals surface area contributed by atoms with E-state index in [-0.39, 0.29) is 0 Å². The van der Waals surface area contributed by atoms with Gasteiger partial charge in [0.2, 0.25) is 0 Å². The van der Waals surface area contributed by atoms with Crippen molar-refractivity contribution < 1.29 is 0 Å². The second kappa shape index (κ2) is 8.18. The summed E-state index contributed by atoms with van der Waals surface area (Å²) in [5.74, 6) is 1.86. The number of hydrogen-bond acceptors (Lipinski definition) is 0. The molecule has 0 nitrogen and oxygen atoms in total. The Morgan fingerprint density at radius 3 is 1.24 bits per heavy atom. The summed E-state index contributed by atoms with van der Waals surface area (Å²) < 4.78 is 0. The van der Waals surface area contributed by atoms with Crippen molar-refractivity contribution in [3.63, 3.8) is 0 Å². The number of rotatable bonds is 6. The number of hydrogen-bond donors (Lipinski definition) is 0. The van der Waals surface area contributed by atoms with Crippen LogP contribution in [0, 0.1) is 11.8 Å². The predicted molar refractivity (Wildman–Crippen MR) is 98.7 cm³/mol. The summed E-state index contributed by atoms with van der Waals surface area (Å²) in [7, 11) is -1.12. The van der Waals surface area contributed by atoms with Crippen molar-refractivity contribution in [1.29, 1.82) is 0 Å².